The van der Waals surface area contributed by atoms with Gasteiger partial charge in [0, 0.05) is 18.4 Å². The second-order valence-electron chi connectivity index (χ2n) is 4.19. The van der Waals surface area contributed by atoms with Crippen LogP contribution in [0, 0.1) is 6.92 Å². The minimum absolute atomic E-state index is 0.116. The van der Waals surface area contributed by atoms with E-state index in [1.54, 1.807) is 6.08 Å². The molecule has 1 aromatic rings. The van der Waals surface area contributed by atoms with Gasteiger partial charge in [-0.1, -0.05) is 24.3 Å². The van der Waals surface area contributed by atoms with Crippen molar-refractivity contribution in [2.75, 3.05) is 12.3 Å². The van der Waals surface area contributed by atoms with Crippen LogP contribution in [0.3, 0.4) is 0 Å². The lowest BCUT2D eigenvalue weighted by atomic mass is 10.1. The number of thioether (sulfide) groups is 1. The molecule has 0 aliphatic carbocycles. The molecule has 2 rings (SSSR count). The molecule has 0 saturated carbocycles. The van der Waals surface area contributed by atoms with Crippen molar-refractivity contribution in [3.8, 4) is 0 Å². The average Bonchev–Trinajstić information content (AvgIpc) is 2.74. The van der Waals surface area contributed by atoms with Crippen molar-refractivity contribution in [3.05, 3.63) is 41.5 Å². The normalized spacial score (nSPS) is 20.1. The van der Waals surface area contributed by atoms with Gasteiger partial charge in [0.15, 0.2) is 0 Å². The summed E-state index contributed by atoms with van der Waals surface area (Å²) < 4.78 is 0. The van der Waals surface area contributed by atoms with Gasteiger partial charge in [-0.15, -0.1) is 11.8 Å². The molecule has 1 aliphatic rings. The zero-order chi connectivity index (χ0) is 12.3. The Morgan fingerprint density at radius 1 is 1.47 bits per heavy atom. The standard InChI is InChI=1S/C14H17NOS/c1-11-5-3-4-6-13(11)7-8-14(16)15-9-10-17-12(15)2/h3-8,12H,9-10H2,1-2H3/b8-7+. The summed E-state index contributed by atoms with van der Waals surface area (Å²) in [6.45, 7) is 5.00. The van der Waals surface area contributed by atoms with Gasteiger partial charge in [0.1, 0.15) is 0 Å². The highest BCUT2D eigenvalue weighted by Crippen LogP contribution is 2.23. The molecule has 0 aromatic heterocycles. The Labute approximate surface area is 107 Å². The lowest BCUT2D eigenvalue weighted by Gasteiger charge is -2.18. The zero-order valence-corrected chi connectivity index (χ0v) is 11.0. The fraction of sp³-hybridized carbons (Fsp3) is 0.357. The van der Waals surface area contributed by atoms with Crippen LogP contribution in [-0.2, 0) is 4.79 Å². The van der Waals surface area contributed by atoms with Crippen LogP contribution in [0.4, 0.5) is 0 Å². The summed E-state index contributed by atoms with van der Waals surface area (Å²) in [5, 5.41) is 0.309. The van der Waals surface area contributed by atoms with Crippen molar-refractivity contribution in [2.24, 2.45) is 0 Å². The molecule has 3 heteroatoms. The Morgan fingerprint density at radius 3 is 2.88 bits per heavy atom. The summed E-state index contributed by atoms with van der Waals surface area (Å²) in [6, 6.07) is 8.08. The van der Waals surface area contributed by atoms with Crippen LogP contribution < -0.4 is 0 Å². The first kappa shape index (κ1) is 12.2. The van der Waals surface area contributed by atoms with Crippen LogP contribution in [0.15, 0.2) is 30.3 Å². The quantitative estimate of drug-likeness (QED) is 0.749. The van der Waals surface area contributed by atoms with E-state index in [0.717, 1.165) is 17.9 Å². The van der Waals surface area contributed by atoms with Gasteiger partial charge in [0.05, 0.1) is 5.37 Å². The van der Waals surface area contributed by atoms with Crippen molar-refractivity contribution in [1.29, 1.82) is 0 Å². The lowest BCUT2D eigenvalue weighted by molar-refractivity contribution is -0.125. The van der Waals surface area contributed by atoms with E-state index < -0.39 is 0 Å². The molecule has 1 aliphatic heterocycles. The first-order valence-corrected chi connectivity index (χ1v) is 6.89. The Hall–Kier alpha value is -1.22. The van der Waals surface area contributed by atoms with Crippen LogP contribution >= 0.6 is 11.8 Å². The number of carbonyl (C=O) groups excluding carboxylic acids is 1. The van der Waals surface area contributed by atoms with Crippen LogP contribution in [-0.4, -0.2) is 28.5 Å². The molecule has 1 aromatic carbocycles. The summed E-state index contributed by atoms with van der Waals surface area (Å²) in [5.74, 6) is 1.16. The molecule has 0 N–H and O–H groups in total. The van der Waals surface area contributed by atoms with Crippen LogP contribution in [0.2, 0.25) is 0 Å². The van der Waals surface area contributed by atoms with E-state index in [0.29, 0.717) is 5.37 Å². The SMILES string of the molecule is Cc1ccccc1/C=C/C(=O)N1CCSC1C. The smallest absolute Gasteiger partial charge is 0.247 e. The maximum Gasteiger partial charge on any atom is 0.247 e. The first-order chi connectivity index (χ1) is 8.18. The van der Waals surface area contributed by atoms with Gasteiger partial charge >= 0.3 is 0 Å². The third-order valence-corrected chi connectivity index (χ3v) is 4.16. The van der Waals surface area contributed by atoms with E-state index >= 15 is 0 Å². The molecule has 1 fully saturated rings. The monoisotopic (exact) mass is 247 g/mol. The molecule has 90 valence electrons. The van der Waals surface area contributed by atoms with E-state index in [-0.39, 0.29) is 5.91 Å². The maximum absolute atomic E-state index is 12.0. The minimum atomic E-state index is 0.116. The highest BCUT2D eigenvalue weighted by Gasteiger charge is 2.23. The molecule has 1 amide bonds. The second kappa shape index (κ2) is 5.41. The lowest BCUT2D eigenvalue weighted by Crippen LogP contribution is -2.31. The number of aryl methyl sites for hydroxylation is 1. The molecule has 1 saturated heterocycles. The fourth-order valence-corrected chi connectivity index (χ4v) is 2.95. The van der Waals surface area contributed by atoms with E-state index in [4.69, 9.17) is 0 Å². The van der Waals surface area contributed by atoms with Gasteiger partial charge in [0.2, 0.25) is 5.91 Å². The van der Waals surface area contributed by atoms with Crippen LogP contribution in [0.25, 0.3) is 6.08 Å². The third-order valence-electron chi connectivity index (χ3n) is 3.01. The van der Waals surface area contributed by atoms with Crippen molar-refractivity contribution in [2.45, 2.75) is 19.2 Å². The zero-order valence-electron chi connectivity index (χ0n) is 10.2. The first-order valence-electron chi connectivity index (χ1n) is 5.84. The average molecular weight is 247 g/mol. The van der Waals surface area contributed by atoms with Gasteiger partial charge in [-0.05, 0) is 31.1 Å². The largest absolute Gasteiger partial charge is 0.327 e. The topological polar surface area (TPSA) is 20.3 Å². The van der Waals surface area contributed by atoms with E-state index in [1.807, 2.05) is 40.9 Å². The third kappa shape index (κ3) is 2.91. The number of carbonyl (C=O) groups is 1. The minimum Gasteiger partial charge on any atom is -0.327 e. The molecule has 0 radical (unpaired) electrons. The van der Waals surface area contributed by atoms with Crippen molar-refractivity contribution in [3.63, 3.8) is 0 Å². The predicted octanol–water partition coefficient (Wildman–Crippen LogP) is 2.93. The number of nitrogens with zero attached hydrogens (tertiary/aromatic N) is 1. The van der Waals surface area contributed by atoms with Gasteiger partial charge in [-0.25, -0.2) is 0 Å². The molecular formula is C14H17NOS. The highest BCUT2D eigenvalue weighted by molar-refractivity contribution is 8.00. The highest BCUT2D eigenvalue weighted by atomic mass is 32.2. The Bertz CT molecular complexity index is 442. The molecule has 2 nitrogen and oxygen atoms in total. The van der Waals surface area contributed by atoms with E-state index in [9.17, 15) is 4.79 Å². The van der Waals surface area contributed by atoms with Crippen molar-refractivity contribution >= 4 is 23.7 Å². The number of hydrogen-bond acceptors (Lipinski definition) is 2. The molecule has 17 heavy (non-hydrogen) atoms. The Kier molecular flexibility index (Phi) is 3.89. The van der Waals surface area contributed by atoms with Crippen LogP contribution in [0.5, 0.6) is 0 Å². The summed E-state index contributed by atoms with van der Waals surface area (Å²) in [7, 11) is 0. The fourth-order valence-electron chi connectivity index (χ4n) is 1.91. The molecular weight excluding hydrogens is 230 g/mol. The molecule has 0 spiro atoms. The second-order valence-corrected chi connectivity index (χ2v) is 5.62. The molecule has 1 atom stereocenters. The molecule has 1 unspecified atom stereocenters. The number of hydrogen-bond donors (Lipinski definition) is 0. The summed E-state index contributed by atoms with van der Waals surface area (Å²) in [5.41, 5.74) is 2.31. The summed E-state index contributed by atoms with van der Waals surface area (Å²) in [6.07, 6.45) is 3.60. The van der Waals surface area contributed by atoms with E-state index in [1.165, 1.54) is 5.56 Å². The number of rotatable bonds is 2. The Morgan fingerprint density at radius 2 is 2.24 bits per heavy atom. The number of benzene rings is 1. The van der Waals surface area contributed by atoms with Crippen LogP contribution in [0.1, 0.15) is 18.1 Å². The summed E-state index contributed by atoms with van der Waals surface area (Å²) >= 11 is 1.83. The van der Waals surface area contributed by atoms with Gasteiger partial charge in [-0.3, -0.25) is 4.79 Å². The van der Waals surface area contributed by atoms with Crippen molar-refractivity contribution < 1.29 is 4.79 Å². The predicted molar refractivity (Wildman–Crippen MR) is 73.8 cm³/mol. The van der Waals surface area contributed by atoms with E-state index in [2.05, 4.69) is 19.9 Å². The molecule has 0 bridgehead atoms. The Balaban J connectivity index is 2.06. The van der Waals surface area contributed by atoms with Crippen molar-refractivity contribution in [1.82, 2.24) is 4.90 Å². The summed E-state index contributed by atoms with van der Waals surface area (Å²) in [4.78, 5) is 13.9. The maximum atomic E-state index is 12.0. The number of amides is 1. The van der Waals surface area contributed by atoms with Gasteiger partial charge in [0.25, 0.3) is 0 Å². The van der Waals surface area contributed by atoms with Gasteiger partial charge < -0.3 is 4.90 Å². The molecule has 1 heterocycles. The van der Waals surface area contributed by atoms with Gasteiger partial charge in [-0.2, -0.15) is 0 Å².